The first kappa shape index (κ1) is 13.6. The molecule has 1 aliphatic carbocycles. The molecule has 6 nitrogen and oxygen atoms in total. The zero-order valence-corrected chi connectivity index (χ0v) is 11.5. The van der Waals surface area contributed by atoms with Gasteiger partial charge in [-0.15, -0.1) is 0 Å². The second-order valence-electron chi connectivity index (χ2n) is 4.99. The molecule has 0 radical (unpaired) electrons. The molecule has 1 saturated carbocycles. The maximum atomic E-state index is 11.0. The predicted octanol–water partition coefficient (Wildman–Crippen LogP) is 1.10. The number of likely N-dealkylation sites (N-methyl/N-ethyl adjacent to an activating group) is 1. The maximum absolute atomic E-state index is 11.0. The Hall–Kier alpha value is -1.85. The number of nitrogens with one attached hydrogen (secondary N) is 1. The van der Waals surface area contributed by atoms with Crippen molar-refractivity contribution in [1.82, 2.24) is 9.97 Å². The lowest BCUT2D eigenvalue weighted by Crippen LogP contribution is -2.31. The van der Waals surface area contributed by atoms with Crippen molar-refractivity contribution in [3.05, 3.63) is 11.9 Å². The number of amides is 1. The molecule has 0 aliphatic heterocycles. The third-order valence-corrected chi connectivity index (χ3v) is 3.01. The van der Waals surface area contributed by atoms with Gasteiger partial charge in [0, 0.05) is 25.6 Å². The molecule has 3 N–H and O–H groups in total. The summed E-state index contributed by atoms with van der Waals surface area (Å²) in [6.45, 7) is 3.14. The zero-order chi connectivity index (χ0) is 13.8. The van der Waals surface area contributed by atoms with Gasteiger partial charge in [-0.2, -0.15) is 0 Å². The number of carbonyl (C=O) groups excluding carboxylic acids is 1. The van der Waals surface area contributed by atoms with Crippen LogP contribution in [0.5, 0.6) is 0 Å². The van der Waals surface area contributed by atoms with Gasteiger partial charge in [0.15, 0.2) is 0 Å². The van der Waals surface area contributed by atoms with Crippen molar-refractivity contribution in [3.63, 3.8) is 0 Å². The first-order valence-electron chi connectivity index (χ1n) is 6.72. The number of primary amides is 1. The van der Waals surface area contributed by atoms with Crippen LogP contribution in [0.4, 0.5) is 11.6 Å². The van der Waals surface area contributed by atoms with Gasteiger partial charge in [0.2, 0.25) is 5.91 Å². The van der Waals surface area contributed by atoms with E-state index in [1.807, 2.05) is 13.1 Å². The van der Waals surface area contributed by atoms with Crippen LogP contribution >= 0.6 is 0 Å². The standard InChI is InChI=1S/C13H21N5O/c1-3-6-15-11-7-12(18(2)8-10(14)19)17-13(16-11)9-4-5-9/h7,9H,3-6,8H2,1-2H3,(H2,14,19)(H,15,16,17). The minimum atomic E-state index is -0.364. The lowest BCUT2D eigenvalue weighted by atomic mass is 10.3. The van der Waals surface area contributed by atoms with E-state index >= 15 is 0 Å². The van der Waals surface area contributed by atoms with E-state index in [0.717, 1.165) is 43.3 Å². The Morgan fingerprint density at radius 3 is 2.84 bits per heavy atom. The average molecular weight is 263 g/mol. The normalized spacial score (nSPS) is 14.2. The second-order valence-corrected chi connectivity index (χ2v) is 4.99. The number of nitrogens with zero attached hydrogens (tertiary/aromatic N) is 3. The van der Waals surface area contributed by atoms with Crippen molar-refractivity contribution in [2.75, 3.05) is 30.4 Å². The molecule has 0 bridgehead atoms. The Bertz CT molecular complexity index is 458. The summed E-state index contributed by atoms with van der Waals surface area (Å²) in [7, 11) is 1.81. The van der Waals surface area contributed by atoms with Gasteiger partial charge in [-0.05, 0) is 19.3 Å². The quantitative estimate of drug-likeness (QED) is 0.769. The van der Waals surface area contributed by atoms with Gasteiger partial charge in [0.1, 0.15) is 17.5 Å². The van der Waals surface area contributed by atoms with Crippen LogP contribution in [0.15, 0.2) is 6.07 Å². The Morgan fingerprint density at radius 1 is 1.53 bits per heavy atom. The highest BCUT2D eigenvalue weighted by Crippen LogP contribution is 2.39. The number of nitrogens with two attached hydrogens (primary N) is 1. The molecule has 1 amide bonds. The van der Waals surface area contributed by atoms with Gasteiger partial charge in [-0.1, -0.05) is 6.92 Å². The Labute approximate surface area is 113 Å². The first-order valence-corrected chi connectivity index (χ1v) is 6.72. The van der Waals surface area contributed by atoms with Crippen molar-refractivity contribution < 1.29 is 4.79 Å². The summed E-state index contributed by atoms with van der Waals surface area (Å²) in [5.74, 6) is 2.55. The largest absolute Gasteiger partial charge is 0.370 e. The van der Waals surface area contributed by atoms with E-state index in [4.69, 9.17) is 5.73 Å². The molecule has 0 saturated heterocycles. The van der Waals surface area contributed by atoms with E-state index < -0.39 is 0 Å². The van der Waals surface area contributed by atoms with E-state index in [9.17, 15) is 4.79 Å². The molecule has 1 aromatic heterocycles. The molecule has 6 heteroatoms. The van der Waals surface area contributed by atoms with Crippen LogP contribution in [0.1, 0.15) is 37.9 Å². The fourth-order valence-electron chi connectivity index (χ4n) is 1.83. The fraction of sp³-hybridized carbons (Fsp3) is 0.615. The average Bonchev–Trinajstić information content (AvgIpc) is 3.19. The van der Waals surface area contributed by atoms with Crippen molar-refractivity contribution in [1.29, 1.82) is 0 Å². The molecule has 1 fully saturated rings. The molecule has 0 atom stereocenters. The van der Waals surface area contributed by atoms with Crippen LogP contribution in [-0.4, -0.2) is 36.0 Å². The Balaban J connectivity index is 2.20. The summed E-state index contributed by atoms with van der Waals surface area (Å²) in [4.78, 5) is 21.8. The topological polar surface area (TPSA) is 84.1 Å². The Kier molecular flexibility index (Phi) is 4.19. The number of carbonyl (C=O) groups is 1. The van der Waals surface area contributed by atoms with Crippen LogP contribution in [-0.2, 0) is 4.79 Å². The maximum Gasteiger partial charge on any atom is 0.236 e. The van der Waals surface area contributed by atoms with Crippen LogP contribution in [0.3, 0.4) is 0 Å². The first-order chi connectivity index (χ1) is 9.10. The third kappa shape index (κ3) is 3.81. The van der Waals surface area contributed by atoms with E-state index in [2.05, 4.69) is 22.2 Å². The van der Waals surface area contributed by atoms with E-state index in [1.54, 1.807) is 4.90 Å². The summed E-state index contributed by atoms with van der Waals surface area (Å²) < 4.78 is 0. The fourth-order valence-corrected chi connectivity index (χ4v) is 1.83. The number of hydrogen-bond donors (Lipinski definition) is 2. The van der Waals surface area contributed by atoms with Crippen molar-refractivity contribution in [3.8, 4) is 0 Å². The van der Waals surface area contributed by atoms with Crippen molar-refractivity contribution >= 4 is 17.5 Å². The lowest BCUT2D eigenvalue weighted by Gasteiger charge is -2.18. The Morgan fingerprint density at radius 2 is 2.26 bits per heavy atom. The van der Waals surface area contributed by atoms with Gasteiger partial charge in [0.25, 0.3) is 0 Å². The van der Waals surface area contributed by atoms with Gasteiger partial charge < -0.3 is 16.0 Å². The monoisotopic (exact) mass is 263 g/mol. The lowest BCUT2D eigenvalue weighted by molar-refractivity contribution is -0.116. The summed E-state index contributed by atoms with van der Waals surface area (Å²) in [5.41, 5.74) is 5.22. The molecule has 0 spiro atoms. The number of hydrogen-bond acceptors (Lipinski definition) is 5. The summed E-state index contributed by atoms with van der Waals surface area (Å²) in [6, 6.07) is 1.87. The van der Waals surface area contributed by atoms with Crippen LogP contribution in [0.25, 0.3) is 0 Å². The highest BCUT2D eigenvalue weighted by molar-refractivity contribution is 5.79. The number of anilines is 2. The summed E-state index contributed by atoms with van der Waals surface area (Å²) in [6.07, 6.45) is 3.33. The van der Waals surface area contributed by atoms with E-state index in [0.29, 0.717) is 5.92 Å². The molecule has 0 aromatic carbocycles. The molecule has 2 rings (SSSR count). The van der Waals surface area contributed by atoms with Crippen LogP contribution in [0.2, 0.25) is 0 Å². The zero-order valence-electron chi connectivity index (χ0n) is 11.5. The van der Waals surface area contributed by atoms with Gasteiger partial charge in [0.05, 0.1) is 6.54 Å². The number of rotatable bonds is 7. The molecule has 1 aliphatic rings. The second kappa shape index (κ2) is 5.86. The smallest absolute Gasteiger partial charge is 0.236 e. The molecule has 1 aromatic rings. The van der Waals surface area contributed by atoms with Crippen LogP contribution in [0, 0.1) is 0 Å². The minimum absolute atomic E-state index is 0.161. The van der Waals surface area contributed by atoms with Crippen molar-refractivity contribution in [2.24, 2.45) is 5.73 Å². The van der Waals surface area contributed by atoms with Gasteiger partial charge >= 0.3 is 0 Å². The highest BCUT2D eigenvalue weighted by atomic mass is 16.1. The molecule has 19 heavy (non-hydrogen) atoms. The minimum Gasteiger partial charge on any atom is -0.370 e. The number of aromatic nitrogens is 2. The predicted molar refractivity (Wildman–Crippen MR) is 75.3 cm³/mol. The van der Waals surface area contributed by atoms with Crippen molar-refractivity contribution in [2.45, 2.75) is 32.1 Å². The summed E-state index contributed by atoms with van der Waals surface area (Å²) >= 11 is 0. The molecular formula is C13H21N5O. The summed E-state index contributed by atoms with van der Waals surface area (Å²) in [5, 5.41) is 3.27. The van der Waals surface area contributed by atoms with Gasteiger partial charge in [-0.3, -0.25) is 4.79 Å². The van der Waals surface area contributed by atoms with E-state index in [-0.39, 0.29) is 12.5 Å². The molecule has 0 unspecified atom stereocenters. The molecular weight excluding hydrogens is 242 g/mol. The van der Waals surface area contributed by atoms with Crippen LogP contribution < -0.4 is 16.0 Å². The highest BCUT2D eigenvalue weighted by Gasteiger charge is 2.27. The molecule has 104 valence electrons. The van der Waals surface area contributed by atoms with E-state index in [1.165, 1.54) is 0 Å². The molecule has 1 heterocycles. The third-order valence-electron chi connectivity index (χ3n) is 3.01. The van der Waals surface area contributed by atoms with Gasteiger partial charge in [-0.25, -0.2) is 9.97 Å². The SMILES string of the molecule is CCCNc1cc(N(C)CC(N)=O)nc(C2CC2)n1.